The van der Waals surface area contributed by atoms with E-state index in [0.29, 0.717) is 17.5 Å². The van der Waals surface area contributed by atoms with Gasteiger partial charge in [-0.2, -0.15) is 5.10 Å². The van der Waals surface area contributed by atoms with Gasteiger partial charge in [0.15, 0.2) is 0 Å². The number of aromatic carboxylic acids is 1. The molecule has 2 aromatic heterocycles. The molecule has 0 fully saturated rings. The third-order valence-corrected chi connectivity index (χ3v) is 3.69. The third kappa shape index (κ3) is 2.96. The molecule has 1 N–H and O–H groups in total. The molecule has 0 unspecified atom stereocenters. The van der Waals surface area contributed by atoms with Crippen LogP contribution in [0.1, 0.15) is 21.6 Å². The normalized spacial score (nSPS) is 10.7. The van der Waals surface area contributed by atoms with Crippen LogP contribution >= 0.6 is 0 Å². The van der Waals surface area contributed by atoms with E-state index in [4.69, 9.17) is 0 Å². The zero-order valence-corrected chi connectivity index (χ0v) is 12.4. The van der Waals surface area contributed by atoms with Crippen LogP contribution in [0.25, 0.3) is 11.1 Å². The molecule has 0 bridgehead atoms. The number of aryl methyl sites for hydroxylation is 1. The number of carboxylic acid groups (broad SMARTS) is 1. The maximum Gasteiger partial charge on any atom is 0.336 e. The first-order valence-corrected chi connectivity index (χ1v) is 6.99. The van der Waals surface area contributed by atoms with E-state index in [0.717, 1.165) is 11.3 Å². The number of benzene rings is 1. The lowest BCUT2D eigenvalue weighted by Gasteiger charge is -2.09. The molecule has 5 nitrogen and oxygen atoms in total. The molecule has 0 radical (unpaired) electrons. The van der Waals surface area contributed by atoms with E-state index in [1.165, 1.54) is 30.6 Å². The minimum atomic E-state index is -1.00. The van der Waals surface area contributed by atoms with Gasteiger partial charge in [0.05, 0.1) is 17.5 Å². The predicted octanol–water partition coefficient (Wildman–Crippen LogP) is 2.91. The summed E-state index contributed by atoms with van der Waals surface area (Å²) in [6.07, 6.45) is 4.98. The Hall–Kier alpha value is -3.02. The molecule has 2 heterocycles. The highest BCUT2D eigenvalue weighted by Crippen LogP contribution is 2.26. The molecular weight excluding hydrogens is 297 g/mol. The molecule has 0 aliphatic rings. The van der Waals surface area contributed by atoms with Crippen molar-refractivity contribution in [1.82, 2.24) is 14.8 Å². The van der Waals surface area contributed by atoms with Gasteiger partial charge >= 0.3 is 5.97 Å². The summed E-state index contributed by atoms with van der Waals surface area (Å²) in [6.45, 7) is 0. The molecule has 23 heavy (non-hydrogen) atoms. The van der Waals surface area contributed by atoms with Crippen molar-refractivity contribution in [1.29, 1.82) is 0 Å². The van der Waals surface area contributed by atoms with E-state index in [2.05, 4.69) is 10.1 Å². The van der Waals surface area contributed by atoms with Gasteiger partial charge < -0.3 is 5.11 Å². The van der Waals surface area contributed by atoms with Crippen molar-refractivity contribution < 1.29 is 14.3 Å². The minimum Gasteiger partial charge on any atom is -0.478 e. The Kier molecular flexibility index (Phi) is 3.89. The fourth-order valence-corrected chi connectivity index (χ4v) is 2.53. The molecule has 0 saturated heterocycles. The summed E-state index contributed by atoms with van der Waals surface area (Å²) in [5.74, 6) is -1.33. The standard InChI is InChI=1S/C17H14FN3O2/c1-21-16(8-12-9-19-6-5-14(12)17(22)23)15(10-20-21)11-3-2-4-13(18)7-11/h2-7,9-10H,8H2,1H3,(H,22,23). The molecule has 1 aromatic carbocycles. The fraction of sp³-hybridized carbons (Fsp3) is 0.118. The van der Waals surface area contributed by atoms with Crippen LogP contribution < -0.4 is 0 Å². The van der Waals surface area contributed by atoms with Crippen LogP contribution in [-0.2, 0) is 13.5 Å². The van der Waals surface area contributed by atoms with E-state index < -0.39 is 5.97 Å². The van der Waals surface area contributed by atoms with Gasteiger partial charge in [-0.25, -0.2) is 9.18 Å². The van der Waals surface area contributed by atoms with Crippen LogP contribution in [-0.4, -0.2) is 25.8 Å². The Morgan fingerprint density at radius 1 is 1.30 bits per heavy atom. The van der Waals surface area contributed by atoms with Gasteiger partial charge in [0.2, 0.25) is 0 Å². The number of nitrogens with zero attached hydrogens (tertiary/aromatic N) is 3. The largest absolute Gasteiger partial charge is 0.478 e. The molecule has 0 atom stereocenters. The van der Waals surface area contributed by atoms with Crippen molar-refractivity contribution in [3.8, 4) is 11.1 Å². The van der Waals surface area contributed by atoms with Crippen molar-refractivity contribution in [3.05, 3.63) is 71.6 Å². The van der Waals surface area contributed by atoms with Crippen LogP contribution in [0.4, 0.5) is 4.39 Å². The molecule has 6 heteroatoms. The molecule has 116 valence electrons. The first-order valence-electron chi connectivity index (χ1n) is 6.99. The van der Waals surface area contributed by atoms with Crippen LogP contribution in [0.15, 0.2) is 48.9 Å². The van der Waals surface area contributed by atoms with Gasteiger partial charge in [0, 0.05) is 31.4 Å². The summed E-state index contributed by atoms with van der Waals surface area (Å²) in [7, 11) is 1.77. The SMILES string of the molecule is Cn1ncc(-c2cccc(F)c2)c1Cc1cnccc1C(=O)O. The molecule has 3 aromatic rings. The summed E-state index contributed by atoms with van der Waals surface area (Å²) < 4.78 is 15.1. The van der Waals surface area contributed by atoms with Crippen LogP contribution in [0.5, 0.6) is 0 Å². The quantitative estimate of drug-likeness (QED) is 0.804. The molecule has 0 saturated carbocycles. The average molecular weight is 311 g/mol. The average Bonchev–Trinajstić information content (AvgIpc) is 2.89. The van der Waals surface area contributed by atoms with Crippen LogP contribution in [0.2, 0.25) is 0 Å². The van der Waals surface area contributed by atoms with Crippen molar-refractivity contribution in [2.24, 2.45) is 7.05 Å². The van der Waals surface area contributed by atoms with E-state index >= 15 is 0 Å². The second-order valence-corrected chi connectivity index (χ2v) is 5.15. The first-order chi connectivity index (χ1) is 11.1. The summed E-state index contributed by atoms with van der Waals surface area (Å²) in [5.41, 5.74) is 3.06. The first kappa shape index (κ1) is 14.9. The third-order valence-electron chi connectivity index (χ3n) is 3.69. The van der Waals surface area contributed by atoms with Crippen molar-refractivity contribution >= 4 is 5.97 Å². The number of halogens is 1. The van der Waals surface area contributed by atoms with Crippen molar-refractivity contribution in [3.63, 3.8) is 0 Å². The molecular formula is C17H14FN3O2. The Balaban J connectivity index is 2.05. The molecule has 0 aliphatic carbocycles. The second kappa shape index (κ2) is 6.00. The second-order valence-electron chi connectivity index (χ2n) is 5.15. The van der Waals surface area contributed by atoms with E-state index in [1.54, 1.807) is 30.1 Å². The van der Waals surface area contributed by atoms with Crippen molar-refractivity contribution in [2.75, 3.05) is 0 Å². The topological polar surface area (TPSA) is 68.0 Å². The highest BCUT2D eigenvalue weighted by Gasteiger charge is 2.16. The van der Waals surface area contributed by atoms with Gasteiger partial charge in [-0.1, -0.05) is 12.1 Å². The van der Waals surface area contributed by atoms with E-state index in [-0.39, 0.29) is 11.4 Å². The number of carbonyl (C=O) groups is 1. The number of rotatable bonds is 4. The summed E-state index contributed by atoms with van der Waals surface area (Å²) in [5, 5.41) is 13.5. The van der Waals surface area contributed by atoms with E-state index in [1.807, 2.05) is 0 Å². The Morgan fingerprint density at radius 3 is 2.87 bits per heavy atom. The number of hydrogen-bond acceptors (Lipinski definition) is 3. The van der Waals surface area contributed by atoms with Gasteiger partial charge in [-0.05, 0) is 29.3 Å². The predicted molar refractivity (Wildman–Crippen MR) is 82.6 cm³/mol. The maximum atomic E-state index is 13.5. The number of carboxylic acids is 1. The molecule has 3 rings (SSSR count). The molecule has 0 spiro atoms. The van der Waals surface area contributed by atoms with E-state index in [9.17, 15) is 14.3 Å². The highest BCUT2D eigenvalue weighted by atomic mass is 19.1. The van der Waals surface area contributed by atoms with Crippen LogP contribution in [0.3, 0.4) is 0 Å². The Labute approximate surface area is 132 Å². The molecule has 0 aliphatic heterocycles. The zero-order valence-electron chi connectivity index (χ0n) is 12.4. The number of pyridine rings is 1. The maximum absolute atomic E-state index is 13.5. The smallest absolute Gasteiger partial charge is 0.336 e. The van der Waals surface area contributed by atoms with Gasteiger partial charge in [-0.15, -0.1) is 0 Å². The highest BCUT2D eigenvalue weighted by molar-refractivity contribution is 5.89. The summed E-state index contributed by atoms with van der Waals surface area (Å²) in [6, 6.07) is 7.71. The zero-order chi connectivity index (χ0) is 16.4. The van der Waals surface area contributed by atoms with Crippen LogP contribution in [0, 0.1) is 5.82 Å². The molecule has 0 amide bonds. The Morgan fingerprint density at radius 2 is 2.13 bits per heavy atom. The number of aromatic nitrogens is 3. The fourth-order valence-electron chi connectivity index (χ4n) is 2.53. The van der Waals surface area contributed by atoms with Gasteiger partial charge in [0.25, 0.3) is 0 Å². The lowest BCUT2D eigenvalue weighted by Crippen LogP contribution is -2.07. The minimum absolute atomic E-state index is 0.200. The van der Waals surface area contributed by atoms with Crippen molar-refractivity contribution in [2.45, 2.75) is 6.42 Å². The Bertz CT molecular complexity index is 874. The lowest BCUT2D eigenvalue weighted by molar-refractivity contribution is 0.0695. The summed E-state index contributed by atoms with van der Waals surface area (Å²) in [4.78, 5) is 15.3. The van der Waals surface area contributed by atoms with Gasteiger partial charge in [0.1, 0.15) is 5.82 Å². The number of hydrogen-bond donors (Lipinski definition) is 1. The lowest BCUT2D eigenvalue weighted by atomic mass is 10.00. The monoisotopic (exact) mass is 311 g/mol. The van der Waals surface area contributed by atoms with Gasteiger partial charge in [-0.3, -0.25) is 9.67 Å². The summed E-state index contributed by atoms with van der Waals surface area (Å²) >= 11 is 0.